The van der Waals surface area contributed by atoms with E-state index in [-0.39, 0.29) is 0 Å². The number of nitrogens with zero attached hydrogens (tertiary/aromatic N) is 2. The van der Waals surface area contributed by atoms with Crippen LogP contribution in [0, 0.1) is 0 Å². The summed E-state index contributed by atoms with van der Waals surface area (Å²) in [4.78, 5) is 8.50. The van der Waals surface area contributed by atoms with Crippen LogP contribution < -0.4 is 11.1 Å². The van der Waals surface area contributed by atoms with Crippen LogP contribution in [0.3, 0.4) is 0 Å². The maximum atomic E-state index is 5.91. The Morgan fingerprint density at radius 2 is 1.88 bits per heavy atom. The zero-order chi connectivity index (χ0) is 16.8. The minimum Gasteiger partial charge on any atom is -0.439 e. The molecule has 0 unspecified atom stereocenters. The Hall–Kier alpha value is -3.08. The van der Waals surface area contributed by atoms with E-state index >= 15 is 0 Å². The monoisotopic (exact) mass is 320 g/mol. The molecule has 0 saturated heterocycles. The van der Waals surface area contributed by atoms with E-state index in [1.54, 1.807) is 6.20 Å². The van der Waals surface area contributed by atoms with Crippen LogP contribution >= 0.6 is 0 Å². The highest BCUT2D eigenvalue weighted by atomic mass is 16.4. The minimum absolute atomic E-state index is 0.290. The smallest absolute Gasteiger partial charge is 0.216 e. The van der Waals surface area contributed by atoms with E-state index in [0.717, 1.165) is 23.4 Å². The first-order valence-corrected chi connectivity index (χ1v) is 7.90. The second-order valence-corrected chi connectivity index (χ2v) is 5.36. The average molecular weight is 320 g/mol. The lowest BCUT2D eigenvalue weighted by Gasteiger charge is -2.05. The highest BCUT2D eigenvalue weighted by molar-refractivity contribution is 5.92. The molecule has 5 nitrogen and oxygen atoms in total. The van der Waals surface area contributed by atoms with E-state index in [1.807, 2.05) is 42.5 Å². The fourth-order valence-electron chi connectivity index (χ4n) is 2.28. The first kappa shape index (κ1) is 15.8. The summed E-state index contributed by atoms with van der Waals surface area (Å²) >= 11 is 0. The fourth-order valence-corrected chi connectivity index (χ4v) is 2.28. The summed E-state index contributed by atoms with van der Waals surface area (Å²) < 4.78 is 5.70. The first-order chi connectivity index (χ1) is 11.7. The van der Waals surface area contributed by atoms with Crippen molar-refractivity contribution in [1.82, 2.24) is 4.98 Å². The highest BCUT2D eigenvalue weighted by Gasteiger charge is 2.05. The molecule has 5 heteroatoms. The van der Waals surface area contributed by atoms with Crippen molar-refractivity contribution >= 4 is 11.6 Å². The standard InChI is InChI=1S/C19H20N4O/c1-2-14-8-10-16(11-9-14)23-19(20)22-13-18-21-12-17(24-18)15-6-4-3-5-7-15/h3-12H,2,13H2,1H3,(H3,20,22,23). The molecular formula is C19H20N4O. The molecule has 0 aliphatic rings. The molecule has 3 N–H and O–H groups in total. The van der Waals surface area contributed by atoms with Gasteiger partial charge in [0.15, 0.2) is 11.7 Å². The predicted octanol–water partition coefficient (Wildman–Crippen LogP) is 3.83. The number of benzene rings is 2. The summed E-state index contributed by atoms with van der Waals surface area (Å²) in [5, 5.41) is 3.06. The number of aryl methyl sites for hydroxylation is 1. The topological polar surface area (TPSA) is 76.4 Å². The van der Waals surface area contributed by atoms with Gasteiger partial charge in [0.05, 0.1) is 6.20 Å². The minimum atomic E-state index is 0.290. The van der Waals surface area contributed by atoms with Gasteiger partial charge in [0.1, 0.15) is 6.54 Å². The van der Waals surface area contributed by atoms with Crippen molar-refractivity contribution < 1.29 is 4.42 Å². The molecule has 1 aromatic heterocycles. The van der Waals surface area contributed by atoms with Gasteiger partial charge < -0.3 is 15.5 Å². The summed E-state index contributed by atoms with van der Waals surface area (Å²) in [5.41, 5.74) is 9.09. The number of aromatic nitrogens is 1. The number of anilines is 1. The summed E-state index contributed by atoms with van der Waals surface area (Å²) in [6, 6.07) is 17.9. The second-order valence-electron chi connectivity index (χ2n) is 5.36. The molecule has 3 aromatic rings. The van der Waals surface area contributed by atoms with E-state index in [2.05, 4.69) is 34.3 Å². The molecule has 0 spiro atoms. The lowest BCUT2D eigenvalue weighted by molar-refractivity contribution is 0.510. The number of nitrogens with two attached hydrogens (primary N) is 1. The molecule has 0 radical (unpaired) electrons. The molecule has 0 saturated carbocycles. The van der Waals surface area contributed by atoms with Crippen molar-refractivity contribution in [1.29, 1.82) is 0 Å². The Bertz CT molecular complexity index is 807. The number of hydrogen-bond acceptors (Lipinski definition) is 3. The lowest BCUT2D eigenvalue weighted by atomic mass is 10.1. The van der Waals surface area contributed by atoms with E-state index in [4.69, 9.17) is 10.2 Å². The summed E-state index contributed by atoms with van der Waals surface area (Å²) in [6.45, 7) is 2.41. The Morgan fingerprint density at radius 3 is 2.58 bits per heavy atom. The van der Waals surface area contributed by atoms with Gasteiger partial charge in [-0.3, -0.25) is 0 Å². The molecule has 0 atom stereocenters. The van der Waals surface area contributed by atoms with Gasteiger partial charge in [-0.15, -0.1) is 0 Å². The van der Waals surface area contributed by atoms with Crippen molar-refractivity contribution in [3.8, 4) is 11.3 Å². The van der Waals surface area contributed by atoms with Crippen LogP contribution in [0.2, 0.25) is 0 Å². The Morgan fingerprint density at radius 1 is 1.12 bits per heavy atom. The van der Waals surface area contributed by atoms with Crippen LogP contribution in [-0.4, -0.2) is 10.9 Å². The normalized spacial score (nSPS) is 11.5. The zero-order valence-electron chi connectivity index (χ0n) is 13.6. The number of rotatable bonds is 5. The third-order valence-corrected chi connectivity index (χ3v) is 3.63. The van der Waals surface area contributed by atoms with Crippen LogP contribution in [0.4, 0.5) is 5.69 Å². The molecule has 24 heavy (non-hydrogen) atoms. The summed E-state index contributed by atoms with van der Waals surface area (Å²) in [5.74, 6) is 1.58. The van der Waals surface area contributed by atoms with Crippen LogP contribution in [-0.2, 0) is 13.0 Å². The molecule has 0 aliphatic heterocycles. The number of guanidine groups is 1. The molecule has 0 amide bonds. The van der Waals surface area contributed by atoms with Crippen molar-refractivity contribution in [2.45, 2.75) is 19.9 Å². The third-order valence-electron chi connectivity index (χ3n) is 3.63. The summed E-state index contributed by atoms with van der Waals surface area (Å²) in [6.07, 6.45) is 2.71. The van der Waals surface area contributed by atoms with Gasteiger partial charge in [-0.2, -0.15) is 0 Å². The molecular weight excluding hydrogens is 300 g/mol. The molecule has 1 heterocycles. The van der Waals surface area contributed by atoms with Crippen molar-refractivity contribution in [3.05, 3.63) is 72.2 Å². The van der Waals surface area contributed by atoms with Gasteiger partial charge in [-0.05, 0) is 24.1 Å². The fraction of sp³-hybridized carbons (Fsp3) is 0.158. The van der Waals surface area contributed by atoms with Crippen LogP contribution in [0.25, 0.3) is 11.3 Å². The SMILES string of the molecule is CCc1ccc(NC(N)=NCc2ncc(-c3ccccc3)o2)cc1. The molecule has 0 bridgehead atoms. The van der Waals surface area contributed by atoms with Crippen molar-refractivity contribution in [3.63, 3.8) is 0 Å². The van der Waals surface area contributed by atoms with E-state index in [0.29, 0.717) is 18.4 Å². The molecule has 2 aromatic carbocycles. The Labute approximate surface area is 141 Å². The maximum Gasteiger partial charge on any atom is 0.216 e. The lowest BCUT2D eigenvalue weighted by Crippen LogP contribution is -2.22. The zero-order valence-corrected chi connectivity index (χ0v) is 13.6. The molecule has 0 fully saturated rings. The quantitative estimate of drug-likeness (QED) is 0.553. The van der Waals surface area contributed by atoms with Gasteiger partial charge in [0.25, 0.3) is 0 Å². The Kier molecular flexibility index (Phi) is 4.91. The number of hydrogen-bond donors (Lipinski definition) is 2. The van der Waals surface area contributed by atoms with E-state index in [9.17, 15) is 0 Å². The largest absolute Gasteiger partial charge is 0.439 e. The molecule has 3 rings (SSSR count). The average Bonchev–Trinajstić information content (AvgIpc) is 3.10. The first-order valence-electron chi connectivity index (χ1n) is 7.90. The summed E-state index contributed by atoms with van der Waals surface area (Å²) in [7, 11) is 0. The number of nitrogens with one attached hydrogen (secondary N) is 1. The number of oxazole rings is 1. The predicted molar refractivity (Wildman–Crippen MR) is 96.7 cm³/mol. The number of aliphatic imine (C=N–C) groups is 1. The van der Waals surface area contributed by atoms with Crippen LogP contribution in [0.15, 0.2) is 70.2 Å². The maximum absolute atomic E-state index is 5.91. The van der Waals surface area contributed by atoms with Crippen molar-refractivity contribution in [2.75, 3.05) is 5.32 Å². The van der Waals surface area contributed by atoms with Gasteiger partial charge in [0, 0.05) is 11.3 Å². The van der Waals surface area contributed by atoms with E-state index < -0.39 is 0 Å². The third kappa shape index (κ3) is 4.01. The van der Waals surface area contributed by atoms with E-state index in [1.165, 1.54) is 5.56 Å². The van der Waals surface area contributed by atoms with Gasteiger partial charge in [0.2, 0.25) is 5.89 Å². The van der Waals surface area contributed by atoms with Crippen LogP contribution in [0.5, 0.6) is 0 Å². The second kappa shape index (κ2) is 7.46. The highest BCUT2D eigenvalue weighted by Crippen LogP contribution is 2.20. The van der Waals surface area contributed by atoms with Gasteiger partial charge >= 0.3 is 0 Å². The van der Waals surface area contributed by atoms with Crippen LogP contribution in [0.1, 0.15) is 18.4 Å². The van der Waals surface area contributed by atoms with Gasteiger partial charge in [-0.1, -0.05) is 49.4 Å². The molecule has 0 aliphatic carbocycles. The van der Waals surface area contributed by atoms with Crippen molar-refractivity contribution in [2.24, 2.45) is 10.7 Å². The van der Waals surface area contributed by atoms with Gasteiger partial charge in [-0.25, -0.2) is 9.98 Å². The molecule has 122 valence electrons. The Balaban J connectivity index is 1.61.